The summed E-state index contributed by atoms with van der Waals surface area (Å²) in [5.74, 6) is -0.669. The Labute approximate surface area is 108 Å². The Bertz CT molecular complexity index is 515. The summed E-state index contributed by atoms with van der Waals surface area (Å²) in [6, 6.07) is 5.59. The molecule has 0 spiro atoms. The van der Waals surface area contributed by atoms with E-state index >= 15 is 0 Å². The van der Waals surface area contributed by atoms with E-state index in [4.69, 9.17) is 0 Å². The summed E-state index contributed by atoms with van der Waals surface area (Å²) in [5, 5.41) is 0. The average Bonchev–Trinajstić information content (AvgIpc) is 2.39. The van der Waals surface area contributed by atoms with Crippen LogP contribution in [0.3, 0.4) is 0 Å². The Morgan fingerprint density at radius 2 is 2.06 bits per heavy atom. The molecule has 1 aromatic rings. The molecule has 0 amide bonds. The van der Waals surface area contributed by atoms with E-state index in [2.05, 4.69) is 0 Å². The van der Waals surface area contributed by atoms with Crippen LogP contribution in [-0.2, 0) is 10.0 Å². The third-order valence-corrected chi connectivity index (χ3v) is 5.45. The number of hydrogen-bond acceptors (Lipinski definition) is 2. The van der Waals surface area contributed by atoms with Crippen molar-refractivity contribution in [2.75, 3.05) is 6.54 Å². The average molecular weight is 271 g/mol. The number of halogens is 1. The standard InChI is InChI=1S/C13H18FNO2S/c1-2-11-7-5-6-10-15(11)18(16,17)13-9-4-3-8-12(13)14/h3-4,8-9,11H,2,5-7,10H2,1H3. The Balaban J connectivity index is 2.39. The molecule has 1 atom stereocenters. The predicted molar refractivity (Wildman–Crippen MR) is 68.2 cm³/mol. The Morgan fingerprint density at radius 3 is 2.72 bits per heavy atom. The maximum atomic E-state index is 13.7. The number of benzene rings is 1. The normalized spacial score (nSPS) is 22.0. The van der Waals surface area contributed by atoms with Crippen LogP contribution in [0.5, 0.6) is 0 Å². The van der Waals surface area contributed by atoms with Crippen LogP contribution in [0, 0.1) is 5.82 Å². The molecule has 0 saturated carbocycles. The van der Waals surface area contributed by atoms with Gasteiger partial charge in [-0.3, -0.25) is 0 Å². The number of sulfonamides is 1. The SMILES string of the molecule is CCC1CCCCN1S(=O)(=O)c1ccccc1F. The highest BCUT2D eigenvalue weighted by molar-refractivity contribution is 7.89. The fraction of sp³-hybridized carbons (Fsp3) is 0.538. The van der Waals surface area contributed by atoms with Crippen molar-refractivity contribution in [3.63, 3.8) is 0 Å². The van der Waals surface area contributed by atoms with E-state index in [1.165, 1.54) is 22.5 Å². The van der Waals surface area contributed by atoms with Crippen LogP contribution in [0.25, 0.3) is 0 Å². The van der Waals surface area contributed by atoms with Gasteiger partial charge in [-0.15, -0.1) is 0 Å². The zero-order valence-corrected chi connectivity index (χ0v) is 11.3. The van der Waals surface area contributed by atoms with Crippen LogP contribution < -0.4 is 0 Å². The van der Waals surface area contributed by atoms with E-state index in [9.17, 15) is 12.8 Å². The van der Waals surface area contributed by atoms with Crippen molar-refractivity contribution in [1.29, 1.82) is 0 Å². The summed E-state index contributed by atoms with van der Waals surface area (Å²) in [7, 11) is -3.70. The fourth-order valence-electron chi connectivity index (χ4n) is 2.48. The fourth-order valence-corrected chi connectivity index (χ4v) is 4.31. The first-order valence-corrected chi connectivity index (χ1v) is 7.77. The summed E-state index contributed by atoms with van der Waals surface area (Å²) in [5.41, 5.74) is 0. The minimum atomic E-state index is -3.70. The van der Waals surface area contributed by atoms with Crippen LogP contribution in [0.4, 0.5) is 4.39 Å². The van der Waals surface area contributed by atoms with E-state index in [1.807, 2.05) is 6.92 Å². The van der Waals surface area contributed by atoms with Crippen LogP contribution >= 0.6 is 0 Å². The summed E-state index contributed by atoms with van der Waals surface area (Å²) >= 11 is 0. The second-order valence-electron chi connectivity index (χ2n) is 4.60. The smallest absolute Gasteiger partial charge is 0.207 e. The summed E-state index contributed by atoms with van der Waals surface area (Å²) in [4.78, 5) is -0.203. The largest absolute Gasteiger partial charge is 0.246 e. The molecule has 5 heteroatoms. The molecule has 100 valence electrons. The quantitative estimate of drug-likeness (QED) is 0.847. The monoisotopic (exact) mass is 271 g/mol. The molecule has 1 unspecified atom stereocenters. The maximum Gasteiger partial charge on any atom is 0.246 e. The number of piperidine rings is 1. The van der Waals surface area contributed by atoms with E-state index in [0.717, 1.165) is 25.7 Å². The van der Waals surface area contributed by atoms with Gasteiger partial charge in [0.2, 0.25) is 10.0 Å². The lowest BCUT2D eigenvalue weighted by Crippen LogP contribution is -2.43. The topological polar surface area (TPSA) is 37.4 Å². The maximum absolute atomic E-state index is 13.7. The molecule has 1 fully saturated rings. The van der Waals surface area contributed by atoms with Crippen molar-refractivity contribution in [3.05, 3.63) is 30.1 Å². The highest BCUT2D eigenvalue weighted by Crippen LogP contribution is 2.27. The molecule has 2 rings (SSSR count). The van der Waals surface area contributed by atoms with Crippen molar-refractivity contribution in [3.8, 4) is 0 Å². The molecule has 18 heavy (non-hydrogen) atoms. The van der Waals surface area contributed by atoms with Crippen LogP contribution in [0.2, 0.25) is 0 Å². The Hall–Kier alpha value is -0.940. The van der Waals surface area contributed by atoms with E-state index in [1.54, 1.807) is 6.07 Å². The van der Waals surface area contributed by atoms with Gasteiger partial charge < -0.3 is 0 Å². The molecule has 1 saturated heterocycles. The molecule has 0 N–H and O–H groups in total. The van der Waals surface area contributed by atoms with Crippen molar-refractivity contribution < 1.29 is 12.8 Å². The van der Waals surface area contributed by atoms with Gasteiger partial charge in [-0.2, -0.15) is 4.31 Å². The van der Waals surface area contributed by atoms with Crippen LogP contribution in [0.1, 0.15) is 32.6 Å². The minimum Gasteiger partial charge on any atom is -0.207 e. The summed E-state index contributed by atoms with van der Waals surface area (Å²) < 4.78 is 40.1. The number of hydrogen-bond donors (Lipinski definition) is 0. The molecular weight excluding hydrogens is 253 g/mol. The zero-order valence-electron chi connectivity index (χ0n) is 10.5. The molecule has 3 nitrogen and oxygen atoms in total. The van der Waals surface area contributed by atoms with Crippen LogP contribution in [-0.4, -0.2) is 25.3 Å². The lowest BCUT2D eigenvalue weighted by atomic mass is 10.0. The molecule has 0 bridgehead atoms. The second-order valence-corrected chi connectivity index (χ2v) is 6.46. The highest BCUT2D eigenvalue weighted by Gasteiger charge is 2.33. The second kappa shape index (κ2) is 5.36. The van der Waals surface area contributed by atoms with Gasteiger partial charge in [0, 0.05) is 12.6 Å². The van der Waals surface area contributed by atoms with E-state index in [0.29, 0.717) is 6.54 Å². The zero-order chi connectivity index (χ0) is 13.2. The first-order chi connectivity index (χ1) is 8.57. The lowest BCUT2D eigenvalue weighted by Gasteiger charge is -2.34. The van der Waals surface area contributed by atoms with Gasteiger partial charge in [-0.1, -0.05) is 25.5 Å². The van der Waals surface area contributed by atoms with Crippen molar-refractivity contribution in [2.45, 2.75) is 43.5 Å². The molecule has 0 aromatic heterocycles. The van der Waals surface area contributed by atoms with E-state index < -0.39 is 15.8 Å². The molecule has 1 aromatic carbocycles. The van der Waals surface area contributed by atoms with Gasteiger partial charge in [0.1, 0.15) is 10.7 Å². The Morgan fingerprint density at radius 1 is 1.33 bits per heavy atom. The third-order valence-electron chi connectivity index (χ3n) is 3.47. The Kier molecular flexibility index (Phi) is 4.02. The highest BCUT2D eigenvalue weighted by atomic mass is 32.2. The van der Waals surface area contributed by atoms with Gasteiger partial charge in [-0.25, -0.2) is 12.8 Å². The first kappa shape index (κ1) is 13.5. The minimum absolute atomic E-state index is 0.00311. The van der Waals surface area contributed by atoms with Crippen molar-refractivity contribution in [1.82, 2.24) is 4.31 Å². The molecule has 1 aliphatic heterocycles. The van der Waals surface area contributed by atoms with Crippen LogP contribution in [0.15, 0.2) is 29.2 Å². The number of rotatable bonds is 3. The molecule has 1 aliphatic rings. The molecule has 0 aliphatic carbocycles. The van der Waals surface area contributed by atoms with Crippen molar-refractivity contribution in [2.24, 2.45) is 0 Å². The van der Waals surface area contributed by atoms with Gasteiger partial charge in [0.05, 0.1) is 0 Å². The third kappa shape index (κ3) is 2.42. The molecule has 0 radical (unpaired) electrons. The molecular formula is C13H18FNO2S. The van der Waals surface area contributed by atoms with Gasteiger partial charge in [-0.05, 0) is 31.4 Å². The van der Waals surface area contributed by atoms with Gasteiger partial charge in [0.15, 0.2) is 0 Å². The lowest BCUT2D eigenvalue weighted by molar-refractivity contribution is 0.246. The first-order valence-electron chi connectivity index (χ1n) is 6.33. The molecule has 1 heterocycles. The summed E-state index contributed by atoms with van der Waals surface area (Å²) in [6.45, 7) is 2.47. The predicted octanol–water partition coefficient (Wildman–Crippen LogP) is 2.78. The van der Waals surface area contributed by atoms with Crippen molar-refractivity contribution >= 4 is 10.0 Å². The summed E-state index contributed by atoms with van der Waals surface area (Å²) in [6.07, 6.45) is 3.53. The van der Waals surface area contributed by atoms with Gasteiger partial charge in [0.25, 0.3) is 0 Å². The number of nitrogens with zero attached hydrogens (tertiary/aromatic N) is 1. The van der Waals surface area contributed by atoms with E-state index in [-0.39, 0.29) is 10.9 Å². The van der Waals surface area contributed by atoms with Gasteiger partial charge >= 0.3 is 0 Å².